The van der Waals surface area contributed by atoms with Crippen LogP contribution in [0.4, 0.5) is 0 Å². The molecular formula is C15H19NO2. The summed E-state index contributed by atoms with van der Waals surface area (Å²) < 4.78 is 11.3. The minimum Gasteiger partial charge on any atom is -0.484 e. The lowest BCUT2D eigenvalue weighted by molar-refractivity contribution is 0.257. The number of benzene rings is 1. The normalized spacial score (nSPS) is 10.9. The number of rotatable bonds is 4. The molecule has 0 spiro atoms. The van der Waals surface area contributed by atoms with Gasteiger partial charge in [0.05, 0.1) is 5.69 Å². The average molecular weight is 245 g/mol. The lowest BCUT2D eigenvalue weighted by atomic mass is 10.0. The highest BCUT2D eigenvalue weighted by molar-refractivity contribution is 5.35. The molecule has 0 aliphatic rings. The summed E-state index contributed by atoms with van der Waals surface area (Å²) in [5.41, 5.74) is 2.13. The molecule has 0 saturated carbocycles. The molecule has 0 unspecified atom stereocenters. The van der Waals surface area contributed by atoms with E-state index >= 15 is 0 Å². The lowest BCUT2D eigenvalue weighted by Gasteiger charge is -2.12. The van der Waals surface area contributed by atoms with E-state index in [9.17, 15) is 0 Å². The highest BCUT2D eigenvalue weighted by Crippen LogP contribution is 2.26. The fourth-order valence-electron chi connectivity index (χ4n) is 1.83. The Labute approximate surface area is 108 Å². The molecule has 3 nitrogen and oxygen atoms in total. The third-order valence-electron chi connectivity index (χ3n) is 2.96. The number of aryl methyl sites for hydroxylation is 2. The van der Waals surface area contributed by atoms with Gasteiger partial charge in [-0.25, -0.2) is 4.98 Å². The van der Waals surface area contributed by atoms with Crippen LogP contribution in [0.25, 0.3) is 0 Å². The SMILES string of the molecule is Cc1nc(COc2ccccc2C(C)C)oc1C. The van der Waals surface area contributed by atoms with Gasteiger partial charge >= 0.3 is 0 Å². The number of nitrogens with zero attached hydrogens (tertiary/aromatic N) is 1. The molecule has 0 N–H and O–H groups in total. The zero-order valence-corrected chi connectivity index (χ0v) is 11.4. The predicted octanol–water partition coefficient (Wildman–Crippen LogP) is 3.99. The number of oxazole rings is 1. The van der Waals surface area contributed by atoms with Gasteiger partial charge in [-0.3, -0.25) is 0 Å². The third kappa shape index (κ3) is 2.73. The summed E-state index contributed by atoms with van der Waals surface area (Å²) in [6, 6.07) is 8.08. The molecule has 2 aromatic rings. The van der Waals surface area contributed by atoms with Crippen molar-refractivity contribution in [3.63, 3.8) is 0 Å². The Balaban J connectivity index is 2.10. The summed E-state index contributed by atoms with van der Waals surface area (Å²) in [5, 5.41) is 0. The fourth-order valence-corrected chi connectivity index (χ4v) is 1.83. The Morgan fingerprint density at radius 3 is 2.56 bits per heavy atom. The van der Waals surface area contributed by atoms with Crippen LogP contribution in [-0.2, 0) is 6.61 Å². The second-order valence-electron chi connectivity index (χ2n) is 4.73. The number of hydrogen-bond acceptors (Lipinski definition) is 3. The van der Waals surface area contributed by atoms with E-state index in [0.29, 0.717) is 18.4 Å². The maximum Gasteiger partial charge on any atom is 0.232 e. The van der Waals surface area contributed by atoms with E-state index in [1.165, 1.54) is 5.56 Å². The van der Waals surface area contributed by atoms with Gasteiger partial charge in [-0.15, -0.1) is 0 Å². The van der Waals surface area contributed by atoms with Crippen LogP contribution in [0.15, 0.2) is 28.7 Å². The Morgan fingerprint density at radius 1 is 1.22 bits per heavy atom. The van der Waals surface area contributed by atoms with Crippen molar-refractivity contribution in [1.29, 1.82) is 0 Å². The van der Waals surface area contributed by atoms with E-state index in [-0.39, 0.29) is 0 Å². The monoisotopic (exact) mass is 245 g/mol. The van der Waals surface area contributed by atoms with Crippen LogP contribution >= 0.6 is 0 Å². The van der Waals surface area contributed by atoms with E-state index in [1.807, 2.05) is 32.0 Å². The molecule has 18 heavy (non-hydrogen) atoms. The van der Waals surface area contributed by atoms with Crippen LogP contribution in [0, 0.1) is 13.8 Å². The molecular weight excluding hydrogens is 226 g/mol. The summed E-state index contributed by atoms with van der Waals surface area (Å²) in [7, 11) is 0. The van der Waals surface area contributed by atoms with Gasteiger partial charge in [0.25, 0.3) is 0 Å². The van der Waals surface area contributed by atoms with E-state index in [1.54, 1.807) is 0 Å². The van der Waals surface area contributed by atoms with E-state index in [4.69, 9.17) is 9.15 Å². The predicted molar refractivity (Wildman–Crippen MR) is 70.8 cm³/mol. The quantitative estimate of drug-likeness (QED) is 0.816. The van der Waals surface area contributed by atoms with Crippen molar-refractivity contribution in [1.82, 2.24) is 4.98 Å². The molecule has 0 aliphatic carbocycles. The molecule has 2 rings (SSSR count). The zero-order valence-electron chi connectivity index (χ0n) is 11.4. The van der Waals surface area contributed by atoms with Gasteiger partial charge in [0.1, 0.15) is 11.5 Å². The first-order valence-electron chi connectivity index (χ1n) is 6.22. The standard InChI is InChI=1S/C15H19NO2/c1-10(2)13-7-5-6-8-14(13)17-9-15-16-11(3)12(4)18-15/h5-8,10H,9H2,1-4H3. The van der Waals surface area contributed by atoms with Crippen LogP contribution in [0.3, 0.4) is 0 Å². The lowest BCUT2D eigenvalue weighted by Crippen LogP contribution is -2.00. The van der Waals surface area contributed by atoms with Crippen LogP contribution < -0.4 is 4.74 Å². The molecule has 0 radical (unpaired) electrons. The number of ether oxygens (including phenoxy) is 1. The van der Waals surface area contributed by atoms with E-state index in [0.717, 1.165) is 17.2 Å². The minimum absolute atomic E-state index is 0.373. The largest absolute Gasteiger partial charge is 0.484 e. The van der Waals surface area contributed by atoms with E-state index < -0.39 is 0 Å². The Kier molecular flexibility index (Phi) is 3.70. The maximum atomic E-state index is 5.80. The van der Waals surface area contributed by atoms with Crippen molar-refractivity contribution in [2.45, 2.75) is 40.2 Å². The van der Waals surface area contributed by atoms with Crippen LogP contribution in [0.5, 0.6) is 5.75 Å². The molecule has 3 heteroatoms. The Hall–Kier alpha value is -1.77. The van der Waals surface area contributed by atoms with Gasteiger partial charge in [-0.2, -0.15) is 0 Å². The molecule has 0 aliphatic heterocycles. The summed E-state index contributed by atoms with van der Waals surface area (Å²) in [6.45, 7) is 8.53. The minimum atomic E-state index is 0.373. The van der Waals surface area contributed by atoms with Crippen molar-refractivity contribution in [3.8, 4) is 5.75 Å². The number of para-hydroxylation sites is 1. The van der Waals surface area contributed by atoms with Gasteiger partial charge in [-0.05, 0) is 31.4 Å². The first-order chi connectivity index (χ1) is 8.58. The summed E-state index contributed by atoms with van der Waals surface area (Å²) in [6.07, 6.45) is 0. The molecule has 0 bridgehead atoms. The first kappa shape index (κ1) is 12.7. The van der Waals surface area contributed by atoms with Crippen molar-refractivity contribution >= 4 is 0 Å². The Morgan fingerprint density at radius 2 is 1.94 bits per heavy atom. The number of hydrogen-bond donors (Lipinski definition) is 0. The second kappa shape index (κ2) is 5.25. The number of aromatic nitrogens is 1. The molecule has 0 atom stereocenters. The highest BCUT2D eigenvalue weighted by atomic mass is 16.5. The fraction of sp³-hybridized carbons (Fsp3) is 0.400. The maximum absolute atomic E-state index is 5.80. The second-order valence-corrected chi connectivity index (χ2v) is 4.73. The van der Waals surface area contributed by atoms with Gasteiger partial charge in [0.2, 0.25) is 5.89 Å². The summed E-state index contributed by atoms with van der Waals surface area (Å²) in [5.74, 6) is 2.82. The highest BCUT2D eigenvalue weighted by Gasteiger charge is 2.09. The van der Waals surface area contributed by atoms with Crippen LogP contribution in [-0.4, -0.2) is 4.98 Å². The van der Waals surface area contributed by atoms with Crippen molar-refractivity contribution in [2.75, 3.05) is 0 Å². The summed E-state index contributed by atoms with van der Waals surface area (Å²) >= 11 is 0. The molecule has 96 valence electrons. The molecule has 0 amide bonds. The molecule has 1 heterocycles. The van der Waals surface area contributed by atoms with Crippen LogP contribution in [0.2, 0.25) is 0 Å². The Bertz CT molecular complexity index is 510. The van der Waals surface area contributed by atoms with Crippen LogP contribution in [0.1, 0.15) is 42.7 Å². The van der Waals surface area contributed by atoms with Crippen molar-refractivity contribution in [2.24, 2.45) is 0 Å². The molecule has 0 saturated heterocycles. The van der Waals surface area contributed by atoms with Gasteiger partial charge in [0, 0.05) is 0 Å². The third-order valence-corrected chi connectivity index (χ3v) is 2.96. The smallest absolute Gasteiger partial charge is 0.232 e. The summed E-state index contributed by atoms with van der Waals surface area (Å²) in [4.78, 5) is 4.31. The van der Waals surface area contributed by atoms with Gasteiger partial charge < -0.3 is 9.15 Å². The molecule has 0 fully saturated rings. The first-order valence-corrected chi connectivity index (χ1v) is 6.22. The van der Waals surface area contributed by atoms with Crippen molar-refractivity contribution < 1.29 is 9.15 Å². The van der Waals surface area contributed by atoms with Crippen molar-refractivity contribution in [3.05, 3.63) is 47.2 Å². The topological polar surface area (TPSA) is 35.3 Å². The molecule has 1 aromatic heterocycles. The van der Waals surface area contributed by atoms with Gasteiger partial charge in [0.15, 0.2) is 6.61 Å². The zero-order chi connectivity index (χ0) is 13.1. The van der Waals surface area contributed by atoms with Gasteiger partial charge in [-0.1, -0.05) is 32.0 Å². The van der Waals surface area contributed by atoms with E-state index in [2.05, 4.69) is 24.9 Å². The average Bonchev–Trinajstić information content (AvgIpc) is 2.66. The molecule has 1 aromatic carbocycles.